The van der Waals surface area contributed by atoms with Crippen LogP contribution in [0.1, 0.15) is 30.9 Å². The van der Waals surface area contributed by atoms with Crippen LogP contribution in [0.5, 0.6) is 0 Å². The zero-order valence-electron chi connectivity index (χ0n) is 18.6. The number of nitrogens with one attached hydrogen (secondary N) is 2. The van der Waals surface area contributed by atoms with Gasteiger partial charge in [0, 0.05) is 58.7 Å². The van der Waals surface area contributed by atoms with Crippen molar-refractivity contribution in [1.29, 1.82) is 0 Å². The van der Waals surface area contributed by atoms with Crippen molar-refractivity contribution in [3.8, 4) is 0 Å². The van der Waals surface area contributed by atoms with Crippen molar-refractivity contribution in [3.05, 3.63) is 53.9 Å². The molecule has 30 heavy (non-hydrogen) atoms. The van der Waals surface area contributed by atoms with Crippen LogP contribution < -0.4 is 10.6 Å². The van der Waals surface area contributed by atoms with Crippen molar-refractivity contribution in [1.82, 2.24) is 30.2 Å². The summed E-state index contributed by atoms with van der Waals surface area (Å²) < 4.78 is 1.95. The topological polar surface area (TPSA) is 60.7 Å². The summed E-state index contributed by atoms with van der Waals surface area (Å²) in [6.45, 7) is 12.0. The van der Waals surface area contributed by atoms with E-state index >= 15 is 0 Å². The Hall–Kier alpha value is -2.38. The maximum absolute atomic E-state index is 4.37. The summed E-state index contributed by atoms with van der Waals surface area (Å²) >= 11 is 0. The van der Waals surface area contributed by atoms with E-state index in [0.29, 0.717) is 0 Å². The Balaban J connectivity index is 1.34. The predicted octanol–water partition coefficient (Wildman–Crippen LogP) is 2.01. The number of guanidine groups is 1. The molecule has 7 nitrogen and oxygen atoms in total. The number of benzene rings is 1. The van der Waals surface area contributed by atoms with E-state index in [1.807, 2.05) is 30.2 Å². The van der Waals surface area contributed by atoms with Crippen molar-refractivity contribution in [3.63, 3.8) is 0 Å². The fourth-order valence-electron chi connectivity index (χ4n) is 3.85. The molecule has 2 aromatic rings. The molecule has 1 aliphatic rings. The van der Waals surface area contributed by atoms with Crippen LogP contribution in [-0.4, -0.2) is 78.4 Å². The second-order valence-electron chi connectivity index (χ2n) is 7.81. The molecule has 0 aliphatic carbocycles. The molecule has 2 N–H and O–H groups in total. The standard InChI is InChI=1S/C23H37N7/c1-3-28-15-17-29(18-16-28)13-7-6-11-25-23(24-2)26-19-21-9-4-5-10-22(21)20-30-14-8-12-27-30/h4-5,8-10,12,14H,3,6-7,11,13,15-20H2,1-2H3,(H2,24,25,26). The van der Waals surface area contributed by atoms with Crippen LogP contribution in [0.25, 0.3) is 0 Å². The molecule has 2 heterocycles. The van der Waals surface area contributed by atoms with Crippen LogP contribution in [0.2, 0.25) is 0 Å². The molecule has 7 heteroatoms. The summed E-state index contributed by atoms with van der Waals surface area (Å²) in [6.07, 6.45) is 6.19. The highest BCUT2D eigenvalue weighted by Crippen LogP contribution is 2.10. The molecule has 1 aromatic heterocycles. The minimum Gasteiger partial charge on any atom is -0.356 e. The molecule has 0 spiro atoms. The quantitative estimate of drug-likeness (QED) is 0.356. The number of nitrogens with zero attached hydrogens (tertiary/aromatic N) is 5. The molecule has 1 aliphatic heterocycles. The Kier molecular flexibility index (Phi) is 9.18. The van der Waals surface area contributed by atoms with Gasteiger partial charge in [-0.05, 0) is 43.1 Å². The molecule has 0 atom stereocenters. The molecule has 1 saturated heterocycles. The third kappa shape index (κ3) is 7.15. The van der Waals surface area contributed by atoms with Gasteiger partial charge in [0.25, 0.3) is 0 Å². The lowest BCUT2D eigenvalue weighted by atomic mass is 10.1. The lowest BCUT2D eigenvalue weighted by Gasteiger charge is -2.34. The number of likely N-dealkylation sites (N-methyl/N-ethyl adjacent to an activating group) is 1. The monoisotopic (exact) mass is 411 g/mol. The van der Waals surface area contributed by atoms with Crippen LogP contribution in [0.15, 0.2) is 47.7 Å². The van der Waals surface area contributed by atoms with E-state index in [-0.39, 0.29) is 0 Å². The summed E-state index contributed by atoms with van der Waals surface area (Å²) in [5.41, 5.74) is 2.54. The van der Waals surface area contributed by atoms with Gasteiger partial charge < -0.3 is 20.4 Å². The third-order valence-corrected chi connectivity index (χ3v) is 5.79. The minimum atomic E-state index is 0.749. The fourth-order valence-corrected chi connectivity index (χ4v) is 3.85. The normalized spacial score (nSPS) is 16.0. The highest BCUT2D eigenvalue weighted by molar-refractivity contribution is 5.79. The summed E-state index contributed by atoms with van der Waals surface area (Å²) in [5.74, 6) is 0.862. The van der Waals surface area contributed by atoms with Gasteiger partial charge in [-0.2, -0.15) is 5.10 Å². The summed E-state index contributed by atoms with van der Waals surface area (Å²) in [4.78, 5) is 9.50. The van der Waals surface area contributed by atoms with Crippen LogP contribution in [0, 0.1) is 0 Å². The van der Waals surface area contributed by atoms with Gasteiger partial charge in [-0.1, -0.05) is 31.2 Å². The van der Waals surface area contributed by atoms with Crippen LogP contribution in [-0.2, 0) is 13.1 Å². The Bertz CT molecular complexity index is 749. The fraction of sp³-hybridized carbons (Fsp3) is 0.565. The summed E-state index contributed by atoms with van der Waals surface area (Å²) in [7, 11) is 1.83. The first-order valence-electron chi connectivity index (χ1n) is 11.2. The van der Waals surface area contributed by atoms with Gasteiger partial charge in [-0.25, -0.2) is 0 Å². The first-order valence-corrected chi connectivity index (χ1v) is 11.2. The summed E-state index contributed by atoms with van der Waals surface area (Å²) in [6, 6.07) is 10.4. The van der Waals surface area contributed by atoms with Crippen molar-refractivity contribution in [2.24, 2.45) is 4.99 Å². The summed E-state index contributed by atoms with van der Waals surface area (Å²) in [5, 5.41) is 11.2. The molecule has 1 aromatic carbocycles. The first-order chi connectivity index (χ1) is 14.8. The van der Waals surface area contributed by atoms with Gasteiger partial charge in [0.1, 0.15) is 0 Å². The van der Waals surface area contributed by atoms with E-state index in [0.717, 1.165) is 32.0 Å². The number of piperazine rings is 1. The third-order valence-electron chi connectivity index (χ3n) is 5.79. The second-order valence-corrected chi connectivity index (χ2v) is 7.81. The van der Waals surface area contributed by atoms with Gasteiger partial charge in [-0.3, -0.25) is 9.67 Å². The van der Waals surface area contributed by atoms with Crippen LogP contribution in [0.3, 0.4) is 0 Å². The number of unbranched alkanes of at least 4 members (excludes halogenated alkanes) is 1. The molecule has 0 radical (unpaired) electrons. The molecule has 1 fully saturated rings. The van der Waals surface area contributed by atoms with Gasteiger partial charge >= 0.3 is 0 Å². The number of aliphatic imine (C=N–C) groups is 1. The second kappa shape index (κ2) is 12.3. The first kappa shape index (κ1) is 22.3. The van der Waals surface area contributed by atoms with E-state index in [1.54, 1.807) is 0 Å². The molecule has 164 valence electrons. The average molecular weight is 412 g/mol. The highest BCUT2D eigenvalue weighted by Gasteiger charge is 2.14. The van der Waals surface area contributed by atoms with Crippen molar-refractivity contribution in [2.75, 3.05) is 52.9 Å². The van der Waals surface area contributed by atoms with Gasteiger partial charge in [0.2, 0.25) is 0 Å². The molecule has 0 saturated carbocycles. The van der Waals surface area contributed by atoms with Gasteiger partial charge in [0.15, 0.2) is 5.96 Å². The average Bonchev–Trinajstić information content (AvgIpc) is 3.30. The molecular weight excluding hydrogens is 374 g/mol. The van der Waals surface area contributed by atoms with E-state index in [4.69, 9.17) is 0 Å². The highest BCUT2D eigenvalue weighted by atomic mass is 15.3. The maximum Gasteiger partial charge on any atom is 0.191 e. The van der Waals surface area contributed by atoms with E-state index in [9.17, 15) is 0 Å². The molecular formula is C23H37N7. The van der Waals surface area contributed by atoms with Crippen molar-refractivity contribution in [2.45, 2.75) is 32.9 Å². The van der Waals surface area contributed by atoms with E-state index in [1.165, 1.54) is 56.8 Å². The van der Waals surface area contributed by atoms with Crippen LogP contribution >= 0.6 is 0 Å². The smallest absolute Gasteiger partial charge is 0.191 e. The number of hydrogen-bond donors (Lipinski definition) is 2. The maximum atomic E-state index is 4.37. The van der Waals surface area contributed by atoms with Crippen molar-refractivity contribution < 1.29 is 0 Å². The van der Waals surface area contributed by atoms with Gasteiger partial charge in [-0.15, -0.1) is 0 Å². The molecule has 0 bridgehead atoms. The van der Waals surface area contributed by atoms with E-state index in [2.05, 4.69) is 61.7 Å². The Morgan fingerprint density at radius 1 is 1.00 bits per heavy atom. The predicted molar refractivity (Wildman–Crippen MR) is 124 cm³/mol. The Morgan fingerprint density at radius 3 is 2.47 bits per heavy atom. The number of aromatic nitrogens is 2. The molecule has 3 rings (SSSR count). The van der Waals surface area contributed by atoms with Gasteiger partial charge in [0.05, 0.1) is 6.54 Å². The van der Waals surface area contributed by atoms with E-state index < -0.39 is 0 Å². The number of hydrogen-bond acceptors (Lipinski definition) is 4. The van der Waals surface area contributed by atoms with Crippen LogP contribution in [0.4, 0.5) is 0 Å². The van der Waals surface area contributed by atoms with Crippen molar-refractivity contribution >= 4 is 5.96 Å². The largest absolute Gasteiger partial charge is 0.356 e. The SMILES string of the molecule is CCN1CCN(CCCCNC(=NC)NCc2ccccc2Cn2cccn2)CC1. The Labute approximate surface area is 181 Å². The zero-order chi connectivity index (χ0) is 21.0. The Morgan fingerprint density at radius 2 is 1.77 bits per heavy atom. The molecule has 0 unspecified atom stereocenters. The number of rotatable bonds is 10. The zero-order valence-corrected chi connectivity index (χ0v) is 18.6. The molecule has 0 amide bonds. The lowest BCUT2D eigenvalue weighted by molar-refractivity contribution is 0.136. The minimum absolute atomic E-state index is 0.749. The lowest BCUT2D eigenvalue weighted by Crippen LogP contribution is -2.46.